The summed E-state index contributed by atoms with van der Waals surface area (Å²) in [5.41, 5.74) is 1.61. The third-order valence-electron chi connectivity index (χ3n) is 4.33. The average Bonchev–Trinajstić information content (AvgIpc) is 2.65. The Balaban J connectivity index is 2.18. The van der Waals surface area contributed by atoms with Crippen LogP contribution in [-0.4, -0.2) is 38.4 Å². The highest BCUT2D eigenvalue weighted by Gasteiger charge is 2.35. The van der Waals surface area contributed by atoms with E-state index in [-0.39, 0.29) is 23.9 Å². The fourth-order valence-electron chi connectivity index (χ4n) is 3.15. The van der Waals surface area contributed by atoms with E-state index in [1.165, 1.54) is 33.5 Å². The van der Waals surface area contributed by atoms with Gasteiger partial charge in [0.25, 0.3) is 0 Å². The SMILES string of the molecule is COc1cc2c(c(OC)c1OC)[C@H](c1ccc(C(=O)O)cc1)CC(=O)O2. The molecule has 26 heavy (non-hydrogen) atoms. The molecule has 0 saturated heterocycles. The molecule has 136 valence electrons. The van der Waals surface area contributed by atoms with Crippen molar-refractivity contribution in [2.24, 2.45) is 0 Å². The molecule has 2 aromatic rings. The van der Waals surface area contributed by atoms with Gasteiger partial charge in [-0.2, -0.15) is 0 Å². The molecule has 0 fully saturated rings. The summed E-state index contributed by atoms with van der Waals surface area (Å²) < 4.78 is 21.6. The van der Waals surface area contributed by atoms with Crippen molar-refractivity contribution in [3.05, 3.63) is 47.0 Å². The van der Waals surface area contributed by atoms with Crippen molar-refractivity contribution in [3.8, 4) is 23.0 Å². The van der Waals surface area contributed by atoms with Gasteiger partial charge in [0.05, 0.1) is 33.3 Å². The predicted octanol–water partition coefficient (Wildman–Crippen LogP) is 2.85. The Kier molecular flexibility index (Phi) is 4.71. The number of carbonyl (C=O) groups is 2. The van der Waals surface area contributed by atoms with Crippen LogP contribution in [-0.2, 0) is 4.79 Å². The van der Waals surface area contributed by atoms with Crippen molar-refractivity contribution >= 4 is 11.9 Å². The number of ether oxygens (including phenoxy) is 4. The quantitative estimate of drug-likeness (QED) is 0.649. The Bertz CT molecular complexity index is 855. The van der Waals surface area contributed by atoms with E-state index < -0.39 is 5.97 Å². The molecular weight excluding hydrogens is 340 g/mol. The van der Waals surface area contributed by atoms with Crippen LogP contribution in [0.1, 0.15) is 33.8 Å². The van der Waals surface area contributed by atoms with Crippen LogP contribution >= 0.6 is 0 Å². The zero-order chi connectivity index (χ0) is 18.8. The van der Waals surface area contributed by atoms with Crippen molar-refractivity contribution in [1.29, 1.82) is 0 Å². The summed E-state index contributed by atoms with van der Waals surface area (Å²) in [6.07, 6.45) is 0.102. The Morgan fingerprint density at radius 3 is 2.27 bits per heavy atom. The molecular formula is C19H18O7. The average molecular weight is 358 g/mol. The van der Waals surface area contributed by atoms with Crippen LogP contribution < -0.4 is 18.9 Å². The Labute approximate surface area is 150 Å². The van der Waals surface area contributed by atoms with E-state index in [1.54, 1.807) is 18.2 Å². The van der Waals surface area contributed by atoms with E-state index in [9.17, 15) is 9.59 Å². The standard InChI is InChI=1S/C19H18O7/c1-23-14-9-13-16(18(25-3)17(14)24-2)12(8-15(20)26-13)10-4-6-11(7-5-10)19(21)22/h4-7,9,12H,8H2,1-3H3,(H,21,22)/t12-/m0/s1. The zero-order valence-corrected chi connectivity index (χ0v) is 14.6. The number of fused-ring (bicyclic) bond motifs is 1. The second kappa shape index (κ2) is 6.95. The molecule has 7 heteroatoms. The van der Waals surface area contributed by atoms with Gasteiger partial charge in [-0.3, -0.25) is 4.79 Å². The molecule has 0 saturated carbocycles. The second-order valence-corrected chi connectivity index (χ2v) is 5.72. The van der Waals surface area contributed by atoms with Crippen molar-refractivity contribution in [2.75, 3.05) is 21.3 Å². The first kappa shape index (κ1) is 17.6. The van der Waals surface area contributed by atoms with Crippen LogP contribution in [0, 0.1) is 0 Å². The number of methoxy groups -OCH3 is 3. The highest BCUT2D eigenvalue weighted by molar-refractivity contribution is 5.87. The lowest BCUT2D eigenvalue weighted by molar-refractivity contribution is -0.135. The summed E-state index contributed by atoms with van der Waals surface area (Å²) in [5.74, 6) is -0.215. The molecule has 1 aliphatic heterocycles. The fraction of sp³-hybridized carbons (Fsp3) is 0.263. The van der Waals surface area contributed by atoms with Crippen LogP contribution in [0.25, 0.3) is 0 Å². The summed E-state index contributed by atoms with van der Waals surface area (Å²) in [4.78, 5) is 23.2. The van der Waals surface area contributed by atoms with Gasteiger partial charge in [-0.05, 0) is 17.7 Å². The van der Waals surface area contributed by atoms with Crippen LogP contribution in [0.2, 0.25) is 0 Å². The van der Waals surface area contributed by atoms with Gasteiger partial charge in [0.15, 0.2) is 11.5 Å². The van der Waals surface area contributed by atoms with E-state index in [0.29, 0.717) is 28.6 Å². The Hall–Kier alpha value is -3.22. The Morgan fingerprint density at radius 2 is 1.73 bits per heavy atom. The monoisotopic (exact) mass is 358 g/mol. The van der Waals surface area contributed by atoms with Crippen molar-refractivity contribution in [1.82, 2.24) is 0 Å². The van der Waals surface area contributed by atoms with E-state index in [0.717, 1.165) is 5.56 Å². The summed E-state index contributed by atoms with van der Waals surface area (Å²) in [6.45, 7) is 0. The lowest BCUT2D eigenvalue weighted by Crippen LogP contribution is -2.22. The molecule has 1 heterocycles. The number of carboxylic acids is 1. The second-order valence-electron chi connectivity index (χ2n) is 5.72. The number of hydrogen-bond donors (Lipinski definition) is 1. The molecule has 0 amide bonds. The molecule has 1 aliphatic rings. The number of aromatic carboxylic acids is 1. The van der Waals surface area contributed by atoms with E-state index in [1.807, 2.05) is 0 Å². The van der Waals surface area contributed by atoms with Gasteiger partial charge >= 0.3 is 11.9 Å². The minimum atomic E-state index is -1.01. The smallest absolute Gasteiger partial charge is 0.335 e. The maximum absolute atomic E-state index is 12.1. The van der Waals surface area contributed by atoms with Crippen LogP contribution in [0.5, 0.6) is 23.0 Å². The van der Waals surface area contributed by atoms with Gasteiger partial charge < -0.3 is 24.1 Å². The summed E-state index contributed by atoms with van der Waals surface area (Å²) in [5, 5.41) is 9.07. The predicted molar refractivity (Wildman–Crippen MR) is 91.6 cm³/mol. The molecule has 1 N–H and O–H groups in total. The van der Waals surface area contributed by atoms with Crippen molar-refractivity contribution < 1.29 is 33.6 Å². The van der Waals surface area contributed by atoms with Gasteiger partial charge in [-0.1, -0.05) is 12.1 Å². The largest absolute Gasteiger partial charge is 0.493 e. The number of rotatable bonds is 5. The third kappa shape index (κ3) is 2.92. The minimum absolute atomic E-state index is 0.102. The van der Waals surface area contributed by atoms with Gasteiger partial charge in [-0.25, -0.2) is 4.79 Å². The number of esters is 1. The summed E-state index contributed by atoms with van der Waals surface area (Å²) >= 11 is 0. The van der Waals surface area contributed by atoms with Gasteiger partial charge in [0.1, 0.15) is 5.75 Å². The lowest BCUT2D eigenvalue weighted by atomic mass is 9.85. The lowest BCUT2D eigenvalue weighted by Gasteiger charge is -2.28. The first-order chi connectivity index (χ1) is 12.5. The number of hydrogen-bond acceptors (Lipinski definition) is 6. The topological polar surface area (TPSA) is 91.3 Å². The van der Waals surface area contributed by atoms with Crippen LogP contribution in [0.15, 0.2) is 30.3 Å². The molecule has 3 rings (SSSR count). The molecule has 7 nitrogen and oxygen atoms in total. The van der Waals surface area contributed by atoms with E-state index >= 15 is 0 Å². The van der Waals surface area contributed by atoms with Gasteiger partial charge in [0, 0.05) is 17.5 Å². The minimum Gasteiger partial charge on any atom is -0.493 e. The van der Waals surface area contributed by atoms with E-state index in [4.69, 9.17) is 24.1 Å². The van der Waals surface area contributed by atoms with Crippen molar-refractivity contribution in [2.45, 2.75) is 12.3 Å². The number of benzene rings is 2. The molecule has 0 unspecified atom stereocenters. The Morgan fingerprint density at radius 1 is 1.08 bits per heavy atom. The van der Waals surface area contributed by atoms with Crippen LogP contribution in [0.3, 0.4) is 0 Å². The maximum atomic E-state index is 12.1. The fourth-order valence-corrected chi connectivity index (χ4v) is 3.15. The van der Waals surface area contributed by atoms with Gasteiger partial charge in [-0.15, -0.1) is 0 Å². The highest BCUT2D eigenvalue weighted by Crippen LogP contribution is 2.52. The van der Waals surface area contributed by atoms with Crippen LogP contribution in [0.4, 0.5) is 0 Å². The normalized spacial score (nSPS) is 15.7. The molecule has 0 radical (unpaired) electrons. The third-order valence-corrected chi connectivity index (χ3v) is 4.33. The first-order valence-electron chi connectivity index (χ1n) is 7.87. The summed E-state index contributed by atoms with van der Waals surface area (Å²) in [7, 11) is 4.48. The first-order valence-corrected chi connectivity index (χ1v) is 7.87. The summed E-state index contributed by atoms with van der Waals surface area (Å²) in [6, 6.07) is 7.97. The molecule has 1 atom stereocenters. The molecule has 0 aromatic heterocycles. The molecule has 0 bridgehead atoms. The molecule has 0 aliphatic carbocycles. The maximum Gasteiger partial charge on any atom is 0.335 e. The highest BCUT2D eigenvalue weighted by atomic mass is 16.5. The number of carboxylic acid groups (broad SMARTS) is 1. The molecule has 2 aromatic carbocycles. The zero-order valence-electron chi connectivity index (χ0n) is 14.6. The van der Waals surface area contributed by atoms with E-state index in [2.05, 4.69) is 0 Å². The van der Waals surface area contributed by atoms with Gasteiger partial charge in [0.2, 0.25) is 5.75 Å². The molecule has 0 spiro atoms. The van der Waals surface area contributed by atoms with Crippen molar-refractivity contribution in [3.63, 3.8) is 0 Å². The number of carbonyl (C=O) groups excluding carboxylic acids is 1.